The smallest absolute Gasteiger partial charge is 0.416 e. The van der Waals surface area contributed by atoms with E-state index >= 15 is 0 Å². The summed E-state index contributed by atoms with van der Waals surface area (Å²) in [5.41, 5.74) is 0.178. The van der Waals surface area contributed by atoms with Gasteiger partial charge in [-0.15, -0.1) is 0 Å². The Morgan fingerprint density at radius 1 is 1.07 bits per heavy atom. The maximum atomic E-state index is 12.7. The lowest BCUT2D eigenvalue weighted by Gasteiger charge is -2.20. The third kappa shape index (κ3) is 6.94. The van der Waals surface area contributed by atoms with E-state index in [0.29, 0.717) is 25.3 Å². The molecule has 0 heterocycles. The Labute approximate surface area is 156 Å². The molecule has 0 aliphatic carbocycles. The molecule has 0 saturated heterocycles. The van der Waals surface area contributed by atoms with Gasteiger partial charge in [0.25, 0.3) is 0 Å². The summed E-state index contributed by atoms with van der Waals surface area (Å²) in [4.78, 5) is 11.4. The zero-order valence-corrected chi connectivity index (χ0v) is 15.0. The van der Waals surface area contributed by atoms with Crippen molar-refractivity contribution in [2.45, 2.75) is 25.6 Å². The molecule has 0 fully saturated rings. The second-order valence-electron chi connectivity index (χ2n) is 5.81. The van der Waals surface area contributed by atoms with Crippen molar-refractivity contribution in [1.82, 2.24) is 5.32 Å². The van der Waals surface area contributed by atoms with Crippen molar-refractivity contribution >= 4 is 5.97 Å². The van der Waals surface area contributed by atoms with E-state index in [1.807, 2.05) is 30.3 Å². The predicted molar refractivity (Wildman–Crippen MR) is 95.4 cm³/mol. The fourth-order valence-corrected chi connectivity index (χ4v) is 2.48. The highest BCUT2D eigenvalue weighted by Gasteiger charge is 2.30. The highest BCUT2D eigenvalue weighted by atomic mass is 19.4. The van der Waals surface area contributed by atoms with Crippen LogP contribution in [0.4, 0.5) is 13.2 Å². The Hall–Kier alpha value is -2.54. The SMILES string of the molecule is CCOC(=O)CNCCC(Oc1ccc(C(F)(F)F)cc1)c1ccccc1. The zero-order chi connectivity index (χ0) is 19.7. The maximum absolute atomic E-state index is 12.7. The molecule has 2 rings (SSSR count). The molecule has 1 atom stereocenters. The lowest BCUT2D eigenvalue weighted by Crippen LogP contribution is -2.27. The monoisotopic (exact) mass is 381 g/mol. The quantitative estimate of drug-likeness (QED) is 0.518. The van der Waals surface area contributed by atoms with Crippen molar-refractivity contribution in [3.63, 3.8) is 0 Å². The Morgan fingerprint density at radius 2 is 1.74 bits per heavy atom. The number of carbonyl (C=O) groups excluding carboxylic acids is 1. The van der Waals surface area contributed by atoms with Gasteiger partial charge in [0, 0.05) is 6.42 Å². The molecule has 0 aromatic heterocycles. The molecule has 0 radical (unpaired) electrons. The highest BCUT2D eigenvalue weighted by molar-refractivity contribution is 5.71. The number of hydrogen-bond donors (Lipinski definition) is 1. The van der Waals surface area contributed by atoms with Crippen LogP contribution in [0.1, 0.15) is 30.6 Å². The molecule has 1 unspecified atom stereocenters. The van der Waals surface area contributed by atoms with Gasteiger partial charge in [0.05, 0.1) is 18.7 Å². The molecule has 0 bridgehead atoms. The number of carbonyl (C=O) groups is 1. The standard InChI is InChI=1S/C20H22F3NO3/c1-2-26-19(25)14-24-13-12-18(15-6-4-3-5-7-15)27-17-10-8-16(9-11-17)20(21,22)23/h3-11,18,24H,2,12-14H2,1H3. The second kappa shape index (κ2) is 9.97. The number of rotatable bonds is 9. The van der Waals surface area contributed by atoms with Crippen LogP contribution in [0.2, 0.25) is 0 Å². The van der Waals surface area contributed by atoms with E-state index in [4.69, 9.17) is 9.47 Å². The van der Waals surface area contributed by atoms with Crippen LogP contribution >= 0.6 is 0 Å². The first-order valence-corrected chi connectivity index (χ1v) is 8.65. The highest BCUT2D eigenvalue weighted by Crippen LogP contribution is 2.31. The Kier molecular flexibility index (Phi) is 7.67. The number of alkyl halides is 3. The Morgan fingerprint density at radius 3 is 2.33 bits per heavy atom. The van der Waals surface area contributed by atoms with Crippen molar-refractivity contribution in [2.24, 2.45) is 0 Å². The molecule has 0 amide bonds. The molecule has 0 aliphatic rings. The largest absolute Gasteiger partial charge is 0.486 e. The number of nitrogens with one attached hydrogen (secondary N) is 1. The van der Waals surface area contributed by atoms with Gasteiger partial charge < -0.3 is 14.8 Å². The Balaban J connectivity index is 2.00. The van der Waals surface area contributed by atoms with Gasteiger partial charge in [-0.25, -0.2) is 0 Å². The minimum Gasteiger partial charge on any atom is -0.486 e. The van der Waals surface area contributed by atoms with Gasteiger partial charge in [-0.1, -0.05) is 30.3 Å². The summed E-state index contributed by atoms with van der Waals surface area (Å²) in [6.45, 7) is 2.64. The van der Waals surface area contributed by atoms with Crippen molar-refractivity contribution in [3.8, 4) is 5.75 Å². The van der Waals surface area contributed by atoms with Crippen LogP contribution in [0.5, 0.6) is 5.75 Å². The summed E-state index contributed by atoms with van der Waals surface area (Å²) in [7, 11) is 0. The van der Waals surface area contributed by atoms with Gasteiger partial charge in [-0.2, -0.15) is 13.2 Å². The molecular weight excluding hydrogens is 359 g/mol. The summed E-state index contributed by atoms with van der Waals surface area (Å²) in [5, 5.41) is 2.98. The third-order valence-corrected chi connectivity index (χ3v) is 3.79. The summed E-state index contributed by atoms with van der Waals surface area (Å²) in [5.74, 6) is 0.0136. The fourth-order valence-electron chi connectivity index (χ4n) is 2.48. The lowest BCUT2D eigenvalue weighted by molar-refractivity contribution is -0.142. The summed E-state index contributed by atoms with van der Waals surface area (Å²) < 4.78 is 48.8. The number of esters is 1. The van der Waals surface area contributed by atoms with E-state index < -0.39 is 11.7 Å². The summed E-state index contributed by atoms with van der Waals surface area (Å²) in [6, 6.07) is 14.0. The number of benzene rings is 2. The van der Waals surface area contributed by atoms with E-state index in [0.717, 1.165) is 17.7 Å². The van der Waals surface area contributed by atoms with Crippen LogP contribution in [0, 0.1) is 0 Å². The van der Waals surface area contributed by atoms with Crippen LogP contribution < -0.4 is 10.1 Å². The van der Waals surface area contributed by atoms with Gasteiger partial charge >= 0.3 is 12.1 Å². The van der Waals surface area contributed by atoms with Gasteiger partial charge in [0.1, 0.15) is 11.9 Å². The topological polar surface area (TPSA) is 47.6 Å². The lowest BCUT2D eigenvalue weighted by atomic mass is 10.1. The van der Waals surface area contributed by atoms with Crippen LogP contribution in [0.25, 0.3) is 0 Å². The molecule has 7 heteroatoms. The van der Waals surface area contributed by atoms with Crippen molar-refractivity contribution in [2.75, 3.05) is 19.7 Å². The first kappa shape index (κ1) is 20.8. The van der Waals surface area contributed by atoms with Crippen LogP contribution in [0.15, 0.2) is 54.6 Å². The molecule has 146 valence electrons. The number of ether oxygens (including phenoxy) is 2. The van der Waals surface area contributed by atoms with E-state index in [1.165, 1.54) is 12.1 Å². The molecule has 0 aliphatic heterocycles. The molecule has 0 spiro atoms. The van der Waals surface area contributed by atoms with Gasteiger partial charge in [-0.3, -0.25) is 4.79 Å². The van der Waals surface area contributed by atoms with E-state index in [1.54, 1.807) is 6.92 Å². The number of halogens is 3. The second-order valence-corrected chi connectivity index (χ2v) is 5.81. The first-order valence-electron chi connectivity index (χ1n) is 8.65. The minimum absolute atomic E-state index is 0.0929. The molecule has 1 N–H and O–H groups in total. The normalized spacial score (nSPS) is 12.4. The van der Waals surface area contributed by atoms with Crippen LogP contribution in [-0.4, -0.2) is 25.7 Å². The molecule has 27 heavy (non-hydrogen) atoms. The van der Waals surface area contributed by atoms with Gasteiger partial charge in [-0.05, 0) is 43.3 Å². The maximum Gasteiger partial charge on any atom is 0.416 e. The van der Waals surface area contributed by atoms with E-state index in [2.05, 4.69) is 5.32 Å². The van der Waals surface area contributed by atoms with Gasteiger partial charge in [0.2, 0.25) is 0 Å². The Bertz CT molecular complexity index is 703. The van der Waals surface area contributed by atoms with Crippen molar-refractivity contribution < 1.29 is 27.4 Å². The molecule has 0 saturated carbocycles. The third-order valence-electron chi connectivity index (χ3n) is 3.79. The van der Waals surface area contributed by atoms with E-state index in [-0.39, 0.29) is 18.6 Å². The minimum atomic E-state index is -4.38. The summed E-state index contributed by atoms with van der Waals surface area (Å²) >= 11 is 0. The average Bonchev–Trinajstić information content (AvgIpc) is 2.65. The summed E-state index contributed by atoms with van der Waals surface area (Å²) in [6.07, 6.45) is -4.21. The van der Waals surface area contributed by atoms with Crippen LogP contribution in [-0.2, 0) is 15.7 Å². The van der Waals surface area contributed by atoms with Crippen molar-refractivity contribution in [3.05, 3.63) is 65.7 Å². The zero-order valence-electron chi connectivity index (χ0n) is 15.0. The van der Waals surface area contributed by atoms with Crippen LogP contribution in [0.3, 0.4) is 0 Å². The molecule has 2 aromatic rings. The van der Waals surface area contributed by atoms with Gasteiger partial charge in [0.15, 0.2) is 0 Å². The molecule has 4 nitrogen and oxygen atoms in total. The average molecular weight is 381 g/mol. The van der Waals surface area contributed by atoms with Crippen molar-refractivity contribution in [1.29, 1.82) is 0 Å². The van der Waals surface area contributed by atoms with E-state index in [9.17, 15) is 18.0 Å². The number of hydrogen-bond acceptors (Lipinski definition) is 4. The molecule has 2 aromatic carbocycles. The predicted octanol–water partition coefficient (Wildman–Crippen LogP) is 4.37. The molecular formula is C20H22F3NO3. The fraction of sp³-hybridized carbons (Fsp3) is 0.350. The first-order chi connectivity index (χ1) is 12.9.